The number of rotatable bonds is 9. The number of pyridine rings is 2. The average molecular weight is 1040 g/mol. The van der Waals surface area contributed by atoms with Gasteiger partial charge in [-0.15, -0.1) is 0 Å². The fraction of sp³-hybridized carbons (Fsp3) is 0.286. The Kier molecular flexibility index (Phi) is 11.7. The Hall–Kier alpha value is -7.66. The number of carbonyl (C=O) groups excluding carboxylic acids is 4. The lowest BCUT2D eigenvalue weighted by Gasteiger charge is -2.29. The molecule has 14 nitrogen and oxygen atoms in total. The molecule has 4 aromatic carbocycles. The van der Waals surface area contributed by atoms with Gasteiger partial charge in [0, 0.05) is 33.3 Å². The molecule has 4 aliphatic carbocycles. The van der Waals surface area contributed by atoms with Crippen LogP contribution < -0.4 is 20.9 Å². The highest BCUT2D eigenvalue weighted by molar-refractivity contribution is 9.10. The molecule has 8 aromatic rings. The van der Waals surface area contributed by atoms with Crippen LogP contribution in [0.1, 0.15) is 74.6 Å². The van der Waals surface area contributed by atoms with Crippen LogP contribution in [0.2, 0.25) is 0 Å². The lowest BCUT2D eigenvalue weighted by Crippen LogP contribution is -2.44. The number of hydrogen-bond donors (Lipinski definition) is 3. The zero-order chi connectivity index (χ0) is 50.0. The predicted octanol–water partition coefficient (Wildman–Crippen LogP) is 9.18. The molecule has 0 bridgehead atoms. The zero-order valence-electron chi connectivity index (χ0n) is 39.4. The van der Waals surface area contributed by atoms with Crippen molar-refractivity contribution in [2.75, 3.05) is 4.90 Å². The minimum absolute atomic E-state index is 0.0320. The van der Waals surface area contributed by atoms with Crippen molar-refractivity contribution in [1.82, 2.24) is 45.5 Å². The number of anilines is 1. The molecule has 6 heterocycles. The summed E-state index contributed by atoms with van der Waals surface area (Å²) in [5.41, 5.74) is 4.68. The summed E-state index contributed by atoms with van der Waals surface area (Å²) in [4.78, 5) is 61.9. The van der Waals surface area contributed by atoms with Gasteiger partial charge in [0.2, 0.25) is 23.6 Å². The van der Waals surface area contributed by atoms with E-state index in [-0.39, 0.29) is 76.7 Å². The number of benzene rings is 4. The number of aromatic nitrogens is 6. The Morgan fingerprint density at radius 3 is 1.60 bits per heavy atom. The first-order valence-corrected chi connectivity index (χ1v) is 25.5. The van der Waals surface area contributed by atoms with E-state index in [0.717, 1.165) is 89.1 Å². The Balaban J connectivity index is 0.000000123. The third-order valence-corrected chi connectivity index (χ3v) is 15.5. The molecular weight excluding hydrogens is 995 g/mol. The van der Waals surface area contributed by atoms with Crippen molar-refractivity contribution in [3.63, 3.8) is 0 Å². The van der Waals surface area contributed by atoms with Gasteiger partial charge in [0.05, 0.1) is 70.7 Å². The van der Waals surface area contributed by atoms with E-state index in [1.807, 2.05) is 77.7 Å². The number of halogens is 3. The van der Waals surface area contributed by atoms with Gasteiger partial charge in [-0.2, -0.15) is 10.2 Å². The van der Waals surface area contributed by atoms with Gasteiger partial charge in [-0.3, -0.25) is 19.2 Å². The van der Waals surface area contributed by atoms with E-state index < -0.39 is 5.41 Å². The molecule has 2 aliphatic heterocycles. The van der Waals surface area contributed by atoms with Crippen molar-refractivity contribution in [3.05, 3.63) is 173 Å². The molecule has 4 atom stereocenters. The second-order valence-corrected chi connectivity index (χ2v) is 20.9. The van der Waals surface area contributed by atoms with Gasteiger partial charge >= 0.3 is 0 Å². The molecule has 3 N–H and O–H groups in total. The van der Waals surface area contributed by atoms with Crippen LogP contribution in [0.25, 0.3) is 33.4 Å². The molecule has 14 rings (SSSR count). The predicted molar refractivity (Wildman–Crippen MR) is 272 cm³/mol. The van der Waals surface area contributed by atoms with Crippen LogP contribution in [0.4, 0.5) is 14.5 Å². The van der Waals surface area contributed by atoms with Crippen molar-refractivity contribution < 1.29 is 28.0 Å². The van der Waals surface area contributed by atoms with Crippen LogP contribution in [0.5, 0.6) is 0 Å². The fourth-order valence-electron chi connectivity index (χ4n) is 10.5. The summed E-state index contributed by atoms with van der Waals surface area (Å²) in [6, 6.07) is 35.1. The third kappa shape index (κ3) is 8.82. The van der Waals surface area contributed by atoms with E-state index in [4.69, 9.17) is 0 Å². The Morgan fingerprint density at radius 2 is 1.08 bits per heavy atom. The molecule has 4 amide bonds. The molecule has 6 fully saturated rings. The quantitative estimate of drug-likeness (QED) is 0.129. The van der Waals surface area contributed by atoms with Crippen LogP contribution in [0, 0.1) is 34.3 Å². The van der Waals surface area contributed by atoms with E-state index in [1.165, 1.54) is 24.3 Å². The van der Waals surface area contributed by atoms with E-state index in [2.05, 4.69) is 52.0 Å². The fourth-order valence-corrected chi connectivity index (χ4v) is 10.8. The van der Waals surface area contributed by atoms with Gasteiger partial charge in [0.1, 0.15) is 11.6 Å². The maximum Gasteiger partial charge on any atom is 0.236 e. The van der Waals surface area contributed by atoms with E-state index >= 15 is 0 Å². The zero-order valence-corrected chi connectivity index (χ0v) is 41.0. The largest absolute Gasteiger partial charge is 0.350 e. The molecule has 4 aromatic heterocycles. The van der Waals surface area contributed by atoms with Gasteiger partial charge in [0.15, 0.2) is 11.3 Å². The molecule has 0 radical (unpaired) electrons. The van der Waals surface area contributed by atoms with Gasteiger partial charge in [-0.1, -0.05) is 60.7 Å². The van der Waals surface area contributed by atoms with Crippen LogP contribution in [0.15, 0.2) is 151 Å². The first kappa shape index (κ1) is 46.4. The molecule has 368 valence electrons. The lowest BCUT2D eigenvalue weighted by molar-refractivity contribution is -0.126. The Bertz CT molecular complexity index is 3410. The van der Waals surface area contributed by atoms with E-state index in [9.17, 15) is 28.0 Å². The molecule has 73 heavy (non-hydrogen) atoms. The summed E-state index contributed by atoms with van der Waals surface area (Å²) in [6.07, 6.45) is 13.9. The molecule has 17 heteroatoms. The highest BCUT2D eigenvalue weighted by Gasteiger charge is 2.67. The first-order chi connectivity index (χ1) is 35.5. The number of amides is 4. The first-order valence-electron chi connectivity index (χ1n) is 24.7. The minimum Gasteiger partial charge on any atom is -0.350 e. The van der Waals surface area contributed by atoms with Crippen LogP contribution in [-0.4, -0.2) is 65.2 Å². The SMILES string of the molecule is Fc1ccc(-n2ncc3cc(Br)cnc32)cc1.O=C(N[C@@H]1[C@@H](c2ccccc2)N(c2cnc3c(cnn3-c3ccc(F)cc3)c2)C(=O)C12CC2)C1CC1.O=C(N[C@@H]1[C@@H](c2ccccc2)NC(=O)C12CC2)C1CC1. The summed E-state index contributed by atoms with van der Waals surface area (Å²) in [7, 11) is 0. The van der Waals surface area contributed by atoms with Crippen molar-refractivity contribution in [2.24, 2.45) is 22.7 Å². The number of fused-ring (bicyclic) bond motifs is 2. The minimum atomic E-state index is -0.571. The molecule has 6 aliphatic rings. The van der Waals surface area contributed by atoms with Crippen molar-refractivity contribution in [2.45, 2.75) is 75.5 Å². The summed E-state index contributed by atoms with van der Waals surface area (Å²) in [6.45, 7) is 0. The smallest absolute Gasteiger partial charge is 0.236 e. The molecular formula is C56H49BrF2N10O4. The topological polar surface area (TPSA) is 169 Å². The van der Waals surface area contributed by atoms with Crippen LogP contribution in [0.3, 0.4) is 0 Å². The monoisotopic (exact) mass is 1040 g/mol. The van der Waals surface area contributed by atoms with Crippen LogP contribution in [-0.2, 0) is 19.2 Å². The Morgan fingerprint density at radius 1 is 0.589 bits per heavy atom. The van der Waals surface area contributed by atoms with Gasteiger partial charge in [-0.05, 0) is 139 Å². The summed E-state index contributed by atoms with van der Waals surface area (Å²) in [5.74, 6) is -0.0236. The molecule has 2 spiro atoms. The van der Waals surface area contributed by atoms with Gasteiger partial charge in [0.25, 0.3) is 0 Å². The van der Waals surface area contributed by atoms with E-state index in [1.54, 1.807) is 58.4 Å². The van der Waals surface area contributed by atoms with Gasteiger partial charge in [-0.25, -0.2) is 28.1 Å². The molecule has 4 saturated carbocycles. The van der Waals surface area contributed by atoms with Crippen molar-refractivity contribution in [3.8, 4) is 11.4 Å². The van der Waals surface area contributed by atoms with Gasteiger partial charge < -0.3 is 20.9 Å². The third-order valence-electron chi connectivity index (χ3n) is 15.1. The summed E-state index contributed by atoms with van der Waals surface area (Å²) in [5, 5.41) is 19.9. The lowest BCUT2D eigenvalue weighted by atomic mass is 9.91. The number of hydrogen-bond acceptors (Lipinski definition) is 8. The second-order valence-electron chi connectivity index (χ2n) is 20.0. The maximum atomic E-state index is 13.9. The Labute approximate surface area is 426 Å². The maximum absolute atomic E-state index is 13.9. The highest BCUT2D eigenvalue weighted by atomic mass is 79.9. The average Bonchev–Trinajstić information content (AvgIpc) is 4.21. The van der Waals surface area contributed by atoms with Crippen molar-refractivity contribution in [1.29, 1.82) is 0 Å². The normalized spacial score (nSPS) is 21.8. The molecule has 0 unspecified atom stereocenters. The standard InChI is InChI=1S/C28H24FN5O2.C16H18N2O2.C12H7BrFN3/c29-20-8-10-21(11-9-20)34-25-19(15-31-34)14-22(16-30-25)33-23(17-4-2-1-3-5-17)24(28(12-13-28)27(33)36)32-26(35)18-6-7-18;19-14(11-6-7-11)18-13-12(10-4-2-1-3-5-10)17-15(20)16(13)8-9-16;13-9-5-8-6-16-17(12(8)15-7-9)11-3-1-10(14)2-4-11/h1-5,8-11,14-16,18,23-24H,6-7,12-13H2,(H,32,35);1-5,11-13H,6-9H2,(H,17,20)(H,18,19);1-7H/t23-,24-;12-,13-;/m11./s1. The number of nitrogens with zero attached hydrogens (tertiary/aromatic N) is 7. The molecule has 2 saturated heterocycles. The van der Waals surface area contributed by atoms with Crippen molar-refractivity contribution >= 4 is 67.3 Å². The summed E-state index contributed by atoms with van der Waals surface area (Å²) < 4.78 is 30.5. The second kappa shape index (κ2) is 18.4. The highest BCUT2D eigenvalue weighted by Crippen LogP contribution is 2.61. The van der Waals surface area contributed by atoms with Crippen LogP contribution >= 0.6 is 15.9 Å². The number of nitrogens with one attached hydrogen (secondary N) is 3. The number of carbonyl (C=O) groups is 4. The summed E-state index contributed by atoms with van der Waals surface area (Å²) >= 11 is 3.36. The van der Waals surface area contributed by atoms with E-state index in [0.29, 0.717) is 17.0 Å².